The van der Waals surface area contributed by atoms with E-state index in [0.29, 0.717) is 5.69 Å². The smallest absolute Gasteiger partial charge is 0.146 e. The Labute approximate surface area is 127 Å². The molecule has 118 valence electrons. The zero-order valence-electron chi connectivity index (χ0n) is 13.1. The number of aliphatic hydroxyl groups is 1. The van der Waals surface area contributed by atoms with Crippen LogP contribution in [-0.4, -0.2) is 30.8 Å². The highest BCUT2D eigenvalue weighted by Crippen LogP contribution is 2.33. The van der Waals surface area contributed by atoms with Gasteiger partial charge in [0.05, 0.1) is 18.3 Å². The van der Waals surface area contributed by atoms with Crippen LogP contribution in [0.15, 0.2) is 18.2 Å². The van der Waals surface area contributed by atoms with Crippen LogP contribution in [0.2, 0.25) is 0 Å². The molecule has 1 aromatic rings. The molecule has 4 heteroatoms. The number of hydrogen-bond donors (Lipinski definition) is 2. The number of nitrogens with zero attached hydrogens (tertiary/aromatic N) is 1. The van der Waals surface area contributed by atoms with Gasteiger partial charge in [0.15, 0.2) is 0 Å². The van der Waals surface area contributed by atoms with Crippen LogP contribution in [-0.2, 0) is 0 Å². The van der Waals surface area contributed by atoms with E-state index in [0.717, 1.165) is 44.3 Å². The van der Waals surface area contributed by atoms with Crippen LogP contribution >= 0.6 is 0 Å². The molecule has 1 heterocycles. The van der Waals surface area contributed by atoms with Crippen molar-refractivity contribution >= 4 is 5.69 Å². The Morgan fingerprint density at radius 2 is 2.24 bits per heavy atom. The molecule has 2 N–H and O–H groups in total. The lowest BCUT2D eigenvalue weighted by molar-refractivity contribution is 0.239. The molecule has 0 aromatic heterocycles. The predicted molar refractivity (Wildman–Crippen MR) is 85.2 cm³/mol. The monoisotopic (exact) mass is 294 g/mol. The highest BCUT2D eigenvalue weighted by atomic mass is 19.1. The van der Waals surface area contributed by atoms with Gasteiger partial charge in [-0.15, -0.1) is 0 Å². The van der Waals surface area contributed by atoms with Gasteiger partial charge >= 0.3 is 0 Å². The molecule has 0 saturated carbocycles. The first-order valence-corrected chi connectivity index (χ1v) is 8.08. The fourth-order valence-electron chi connectivity index (χ4n) is 3.14. The summed E-state index contributed by atoms with van der Waals surface area (Å²) in [7, 11) is 0. The van der Waals surface area contributed by atoms with Crippen molar-refractivity contribution in [3.8, 4) is 0 Å². The van der Waals surface area contributed by atoms with Crippen molar-refractivity contribution in [2.24, 2.45) is 0 Å². The summed E-state index contributed by atoms with van der Waals surface area (Å²) in [6.07, 6.45) is 4.15. The minimum Gasteiger partial charge on any atom is -0.394 e. The number of rotatable bonds is 6. The Morgan fingerprint density at radius 1 is 1.43 bits per heavy atom. The third-order valence-corrected chi connectivity index (χ3v) is 4.31. The Balaban J connectivity index is 2.32. The maximum atomic E-state index is 14.5. The fraction of sp³-hybridized carbons (Fsp3) is 0.647. The molecule has 1 aliphatic heterocycles. The van der Waals surface area contributed by atoms with E-state index in [1.807, 2.05) is 6.07 Å². The second-order valence-corrected chi connectivity index (χ2v) is 5.88. The Kier molecular flexibility index (Phi) is 6.00. The van der Waals surface area contributed by atoms with E-state index in [-0.39, 0.29) is 24.5 Å². The normalized spacial score (nSPS) is 20.6. The molecule has 2 atom stereocenters. The van der Waals surface area contributed by atoms with Gasteiger partial charge in [-0.05, 0) is 50.8 Å². The Bertz CT molecular complexity index is 452. The first-order valence-electron chi connectivity index (χ1n) is 8.08. The van der Waals surface area contributed by atoms with Gasteiger partial charge in [-0.2, -0.15) is 0 Å². The van der Waals surface area contributed by atoms with Crippen LogP contribution in [0.4, 0.5) is 10.1 Å². The van der Waals surface area contributed by atoms with Crippen LogP contribution < -0.4 is 10.2 Å². The maximum Gasteiger partial charge on any atom is 0.146 e. The first kappa shape index (κ1) is 16.2. The van der Waals surface area contributed by atoms with Gasteiger partial charge in [-0.3, -0.25) is 0 Å². The van der Waals surface area contributed by atoms with Gasteiger partial charge in [0.1, 0.15) is 5.82 Å². The molecule has 0 aliphatic carbocycles. The standard InChI is InChI=1S/C17H27FN2O/c1-3-10-19-13(2)15-8-6-9-16(18)17(15)20-11-5-4-7-14(20)12-21/h6,8-9,13-14,19,21H,3-5,7,10-12H2,1-2H3. The predicted octanol–water partition coefficient (Wildman–Crippen LogP) is 3.24. The Morgan fingerprint density at radius 3 is 2.95 bits per heavy atom. The molecular weight excluding hydrogens is 267 g/mol. The summed E-state index contributed by atoms with van der Waals surface area (Å²) in [5.41, 5.74) is 1.66. The topological polar surface area (TPSA) is 35.5 Å². The van der Waals surface area contributed by atoms with Crippen molar-refractivity contribution in [2.75, 3.05) is 24.6 Å². The number of anilines is 1. The van der Waals surface area contributed by atoms with Crippen LogP contribution in [0.25, 0.3) is 0 Å². The van der Waals surface area contributed by atoms with Crippen molar-refractivity contribution < 1.29 is 9.50 Å². The van der Waals surface area contributed by atoms with Gasteiger partial charge in [0.2, 0.25) is 0 Å². The quantitative estimate of drug-likeness (QED) is 0.845. The largest absolute Gasteiger partial charge is 0.394 e. The van der Waals surface area contributed by atoms with E-state index >= 15 is 0 Å². The summed E-state index contributed by atoms with van der Waals surface area (Å²) in [5.74, 6) is -0.182. The number of para-hydroxylation sites is 1. The number of piperidine rings is 1. The van der Waals surface area contributed by atoms with E-state index in [1.54, 1.807) is 6.07 Å². The van der Waals surface area contributed by atoms with Gasteiger partial charge in [-0.1, -0.05) is 19.1 Å². The summed E-state index contributed by atoms with van der Waals surface area (Å²) in [4.78, 5) is 2.07. The number of aliphatic hydroxyl groups excluding tert-OH is 1. The summed E-state index contributed by atoms with van der Waals surface area (Å²) < 4.78 is 14.5. The highest BCUT2D eigenvalue weighted by Gasteiger charge is 2.27. The van der Waals surface area contributed by atoms with Crippen molar-refractivity contribution in [3.63, 3.8) is 0 Å². The molecule has 1 aliphatic rings. The Hall–Kier alpha value is -1.13. The molecule has 2 unspecified atom stereocenters. The van der Waals surface area contributed by atoms with E-state index in [2.05, 4.69) is 24.1 Å². The summed E-state index contributed by atoms with van der Waals surface area (Å²) >= 11 is 0. The van der Waals surface area contributed by atoms with E-state index in [1.165, 1.54) is 6.07 Å². The molecule has 1 aromatic carbocycles. The molecule has 2 rings (SSSR count). The van der Waals surface area contributed by atoms with E-state index in [4.69, 9.17) is 0 Å². The van der Waals surface area contributed by atoms with Crippen LogP contribution in [0.5, 0.6) is 0 Å². The van der Waals surface area contributed by atoms with Gasteiger partial charge in [0.25, 0.3) is 0 Å². The van der Waals surface area contributed by atoms with Gasteiger partial charge < -0.3 is 15.3 Å². The second-order valence-electron chi connectivity index (χ2n) is 5.88. The van der Waals surface area contributed by atoms with Gasteiger partial charge in [0, 0.05) is 12.6 Å². The van der Waals surface area contributed by atoms with Crippen molar-refractivity contribution in [1.29, 1.82) is 0 Å². The summed E-state index contributed by atoms with van der Waals surface area (Å²) in [6.45, 7) is 6.02. The van der Waals surface area contributed by atoms with Crippen LogP contribution in [0, 0.1) is 5.82 Å². The zero-order chi connectivity index (χ0) is 15.2. The number of nitrogens with one attached hydrogen (secondary N) is 1. The number of benzene rings is 1. The highest BCUT2D eigenvalue weighted by molar-refractivity contribution is 5.57. The molecule has 0 spiro atoms. The average molecular weight is 294 g/mol. The summed E-state index contributed by atoms with van der Waals surface area (Å²) in [6, 6.07) is 5.43. The lowest BCUT2D eigenvalue weighted by atomic mass is 9.98. The van der Waals surface area contributed by atoms with E-state index in [9.17, 15) is 9.50 Å². The second kappa shape index (κ2) is 7.76. The third kappa shape index (κ3) is 3.74. The SMILES string of the molecule is CCCNC(C)c1cccc(F)c1N1CCCCC1CO. The minimum atomic E-state index is -0.182. The molecule has 1 saturated heterocycles. The lowest BCUT2D eigenvalue weighted by Gasteiger charge is -2.38. The van der Waals surface area contributed by atoms with Crippen molar-refractivity contribution in [1.82, 2.24) is 5.32 Å². The molecule has 21 heavy (non-hydrogen) atoms. The van der Waals surface area contributed by atoms with E-state index < -0.39 is 0 Å². The lowest BCUT2D eigenvalue weighted by Crippen LogP contribution is -2.43. The molecule has 0 amide bonds. The third-order valence-electron chi connectivity index (χ3n) is 4.31. The molecule has 0 radical (unpaired) electrons. The number of hydrogen-bond acceptors (Lipinski definition) is 3. The fourth-order valence-corrected chi connectivity index (χ4v) is 3.14. The van der Waals surface area contributed by atoms with Crippen molar-refractivity contribution in [3.05, 3.63) is 29.6 Å². The minimum absolute atomic E-state index is 0.0350. The molecular formula is C17H27FN2O. The number of halogens is 1. The average Bonchev–Trinajstić information content (AvgIpc) is 2.52. The molecule has 1 fully saturated rings. The van der Waals surface area contributed by atoms with Crippen LogP contribution in [0.1, 0.15) is 51.1 Å². The van der Waals surface area contributed by atoms with Crippen molar-refractivity contribution in [2.45, 2.75) is 51.6 Å². The first-order chi connectivity index (χ1) is 10.2. The maximum absolute atomic E-state index is 14.5. The van der Waals surface area contributed by atoms with Crippen LogP contribution in [0.3, 0.4) is 0 Å². The molecule has 0 bridgehead atoms. The molecule has 3 nitrogen and oxygen atoms in total. The summed E-state index contributed by atoms with van der Waals surface area (Å²) in [5, 5.41) is 13.0. The van der Waals surface area contributed by atoms with Gasteiger partial charge in [-0.25, -0.2) is 4.39 Å². The zero-order valence-corrected chi connectivity index (χ0v) is 13.1.